The second kappa shape index (κ2) is 6.75. The molecule has 0 bridgehead atoms. The number of hydrogen-bond acceptors (Lipinski definition) is 4. The number of thiophene rings is 1. The van der Waals surface area contributed by atoms with Gasteiger partial charge in [0, 0.05) is 23.5 Å². The molecule has 2 amide bonds. The standard InChI is InChI=1S/C17H17N3O2S/c1-12-7-8-23-15(12)10-18-19-17(22)13-9-16(21)20(11-13)14-5-3-2-4-6-14/h2-8,10,13H,9,11H2,1H3,(H,19,22)/b18-10-/t13-/m0/s1. The van der Waals surface area contributed by atoms with Crippen LogP contribution in [0.4, 0.5) is 5.69 Å². The minimum atomic E-state index is -0.371. The highest BCUT2D eigenvalue weighted by Gasteiger charge is 2.34. The molecule has 0 spiro atoms. The minimum absolute atomic E-state index is 0.0329. The second-order valence-corrected chi connectivity index (χ2v) is 6.39. The number of rotatable bonds is 4. The van der Waals surface area contributed by atoms with E-state index < -0.39 is 0 Å². The SMILES string of the molecule is Cc1ccsc1/C=N\NC(=O)[C@H]1CC(=O)N(c2ccccc2)C1. The first-order valence-corrected chi connectivity index (χ1v) is 8.25. The van der Waals surface area contributed by atoms with E-state index in [0.29, 0.717) is 6.54 Å². The van der Waals surface area contributed by atoms with Crippen LogP contribution in [0.3, 0.4) is 0 Å². The van der Waals surface area contributed by atoms with Crippen molar-refractivity contribution < 1.29 is 9.59 Å². The van der Waals surface area contributed by atoms with Gasteiger partial charge in [-0.25, -0.2) is 5.43 Å². The number of hydrazone groups is 1. The van der Waals surface area contributed by atoms with Gasteiger partial charge < -0.3 is 4.90 Å². The van der Waals surface area contributed by atoms with E-state index >= 15 is 0 Å². The summed E-state index contributed by atoms with van der Waals surface area (Å²) in [6.45, 7) is 2.38. The van der Waals surface area contributed by atoms with Gasteiger partial charge >= 0.3 is 0 Å². The lowest BCUT2D eigenvalue weighted by molar-refractivity contribution is -0.126. The predicted molar refractivity (Wildman–Crippen MR) is 91.7 cm³/mol. The monoisotopic (exact) mass is 327 g/mol. The molecule has 0 aliphatic carbocycles. The van der Waals surface area contributed by atoms with Crippen LogP contribution in [0.2, 0.25) is 0 Å². The summed E-state index contributed by atoms with van der Waals surface area (Å²) in [5.41, 5.74) is 4.49. The fraction of sp³-hybridized carbons (Fsp3) is 0.235. The Kier molecular flexibility index (Phi) is 4.52. The van der Waals surface area contributed by atoms with Crippen molar-refractivity contribution >= 4 is 35.1 Å². The van der Waals surface area contributed by atoms with E-state index in [-0.39, 0.29) is 24.2 Å². The van der Waals surface area contributed by atoms with E-state index in [9.17, 15) is 9.59 Å². The molecule has 1 aliphatic rings. The quantitative estimate of drug-likeness (QED) is 0.693. The molecule has 6 heteroatoms. The molecule has 1 saturated heterocycles. The van der Waals surface area contributed by atoms with E-state index in [0.717, 1.165) is 16.1 Å². The maximum Gasteiger partial charge on any atom is 0.245 e. The smallest absolute Gasteiger partial charge is 0.245 e. The van der Waals surface area contributed by atoms with Crippen LogP contribution in [0.25, 0.3) is 0 Å². The van der Waals surface area contributed by atoms with Gasteiger partial charge in [-0.3, -0.25) is 9.59 Å². The van der Waals surface area contributed by atoms with Crippen LogP contribution in [0, 0.1) is 12.8 Å². The summed E-state index contributed by atoms with van der Waals surface area (Å²) in [4.78, 5) is 26.9. The zero-order chi connectivity index (χ0) is 16.2. The number of carbonyl (C=O) groups excluding carboxylic acids is 2. The molecule has 2 heterocycles. The van der Waals surface area contributed by atoms with E-state index in [1.807, 2.05) is 48.7 Å². The van der Waals surface area contributed by atoms with Gasteiger partial charge in [-0.05, 0) is 36.1 Å². The summed E-state index contributed by atoms with van der Waals surface area (Å²) >= 11 is 1.57. The number of amides is 2. The van der Waals surface area contributed by atoms with E-state index in [1.165, 1.54) is 0 Å². The molecule has 2 aromatic rings. The average molecular weight is 327 g/mol. The van der Waals surface area contributed by atoms with Crippen molar-refractivity contribution in [2.45, 2.75) is 13.3 Å². The summed E-state index contributed by atoms with van der Waals surface area (Å²) in [5, 5.41) is 5.98. The van der Waals surface area contributed by atoms with Crippen LogP contribution in [0.5, 0.6) is 0 Å². The van der Waals surface area contributed by atoms with Gasteiger partial charge in [0.2, 0.25) is 11.8 Å². The first-order valence-electron chi connectivity index (χ1n) is 7.37. The van der Waals surface area contributed by atoms with Crippen molar-refractivity contribution in [3.63, 3.8) is 0 Å². The molecule has 1 fully saturated rings. The molecule has 0 radical (unpaired) electrons. The summed E-state index contributed by atoms with van der Waals surface area (Å²) < 4.78 is 0. The fourth-order valence-corrected chi connectivity index (χ4v) is 3.29. The van der Waals surface area contributed by atoms with Gasteiger partial charge in [-0.1, -0.05) is 18.2 Å². The number of carbonyl (C=O) groups is 2. The molecular formula is C17H17N3O2S. The average Bonchev–Trinajstić information content (AvgIpc) is 3.14. The Balaban J connectivity index is 1.60. The Bertz CT molecular complexity index is 739. The highest BCUT2D eigenvalue weighted by atomic mass is 32.1. The third kappa shape index (κ3) is 3.48. The van der Waals surface area contributed by atoms with Gasteiger partial charge in [-0.2, -0.15) is 5.10 Å². The fourth-order valence-electron chi connectivity index (χ4n) is 2.50. The van der Waals surface area contributed by atoms with Gasteiger partial charge in [0.25, 0.3) is 0 Å². The largest absolute Gasteiger partial charge is 0.312 e. The Labute approximate surface area is 138 Å². The molecule has 3 rings (SSSR count). The van der Waals surface area contributed by atoms with Crippen LogP contribution in [-0.4, -0.2) is 24.6 Å². The third-order valence-electron chi connectivity index (χ3n) is 3.82. The van der Waals surface area contributed by atoms with Crippen molar-refractivity contribution in [2.75, 3.05) is 11.4 Å². The highest BCUT2D eigenvalue weighted by molar-refractivity contribution is 7.11. The third-order valence-corrected chi connectivity index (χ3v) is 4.78. The van der Waals surface area contributed by atoms with E-state index in [4.69, 9.17) is 0 Å². The molecule has 1 atom stereocenters. The number of hydrogen-bond donors (Lipinski definition) is 1. The molecule has 1 aromatic heterocycles. The maximum absolute atomic E-state index is 12.2. The number of anilines is 1. The van der Waals surface area contributed by atoms with Gasteiger partial charge in [0.15, 0.2) is 0 Å². The first-order chi connectivity index (χ1) is 11.1. The number of nitrogens with one attached hydrogen (secondary N) is 1. The lowest BCUT2D eigenvalue weighted by atomic mass is 10.1. The molecule has 5 nitrogen and oxygen atoms in total. The van der Waals surface area contributed by atoms with Crippen LogP contribution in [-0.2, 0) is 9.59 Å². The highest BCUT2D eigenvalue weighted by Crippen LogP contribution is 2.24. The molecule has 1 aliphatic heterocycles. The molecule has 1 N–H and O–H groups in total. The van der Waals surface area contributed by atoms with Gasteiger partial charge in [0.05, 0.1) is 12.1 Å². The second-order valence-electron chi connectivity index (χ2n) is 5.44. The summed E-state index contributed by atoms with van der Waals surface area (Å²) in [6, 6.07) is 11.4. The number of para-hydroxylation sites is 1. The zero-order valence-electron chi connectivity index (χ0n) is 12.7. The molecular weight excluding hydrogens is 310 g/mol. The molecule has 0 saturated carbocycles. The number of aryl methyl sites for hydroxylation is 1. The van der Waals surface area contributed by atoms with Crippen LogP contribution >= 0.6 is 11.3 Å². The number of benzene rings is 1. The Morgan fingerprint density at radius 2 is 2.13 bits per heavy atom. The number of nitrogens with zero attached hydrogens (tertiary/aromatic N) is 2. The van der Waals surface area contributed by atoms with Crippen LogP contribution in [0.1, 0.15) is 16.9 Å². The summed E-state index contributed by atoms with van der Waals surface area (Å²) in [5.74, 6) is -0.624. The zero-order valence-corrected chi connectivity index (χ0v) is 13.5. The van der Waals surface area contributed by atoms with Crippen molar-refractivity contribution in [3.05, 3.63) is 52.2 Å². The lowest BCUT2D eigenvalue weighted by Crippen LogP contribution is -2.30. The van der Waals surface area contributed by atoms with Gasteiger partial charge in [0.1, 0.15) is 0 Å². The van der Waals surface area contributed by atoms with E-state index in [1.54, 1.807) is 22.5 Å². The Morgan fingerprint density at radius 1 is 1.35 bits per heavy atom. The van der Waals surface area contributed by atoms with Crippen LogP contribution < -0.4 is 10.3 Å². The topological polar surface area (TPSA) is 61.8 Å². The van der Waals surface area contributed by atoms with Crippen LogP contribution in [0.15, 0.2) is 46.9 Å². The van der Waals surface area contributed by atoms with E-state index in [2.05, 4.69) is 10.5 Å². The normalized spacial score (nSPS) is 17.9. The van der Waals surface area contributed by atoms with Crippen molar-refractivity contribution in [1.82, 2.24) is 5.43 Å². The minimum Gasteiger partial charge on any atom is -0.312 e. The maximum atomic E-state index is 12.2. The Hall–Kier alpha value is -2.47. The summed E-state index contributed by atoms with van der Waals surface area (Å²) in [7, 11) is 0. The molecule has 0 unspecified atom stereocenters. The molecule has 1 aromatic carbocycles. The first kappa shape index (κ1) is 15.4. The molecule has 23 heavy (non-hydrogen) atoms. The van der Waals surface area contributed by atoms with Crippen molar-refractivity contribution in [3.8, 4) is 0 Å². The molecule has 118 valence electrons. The Morgan fingerprint density at radius 3 is 2.83 bits per heavy atom. The van der Waals surface area contributed by atoms with Gasteiger partial charge in [-0.15, -0.1) is 11.3 Å². The van der Waals surface area contributed by atoms with Crippen molar-refractivity contribution in [2.24, 2.45) is 11.0 Å². The van der Waals surface area contributed by atoms with Crippen molar-refractivity contribution in [1.29, 1.82) is 0 Å². The lowest BCUT2D eigenvalue weighted by Gasteiger charge is -2.16. The predicted octanol–water partition coefficient (Wildman–Crippen LogP) is 2.56. The summed E-state index contributed by atoms with van der Waals surface area (Å²) in [6.07, 6.45) is 1.86.